The van der Waals surface area contributed by atoms with Gasteiger partial charge in [0.1, 0.15) is 0 Å². The minimum absolute atomic E-state index is 0.588. The van der Waals surface area contributed by atoms with Gasteiger partial charge in [-0.25, -0.2) is 0 Å². The maximum Gasteiger partial charge on any atom is 0.0414 e. The van der Waals surface area contributed by atoms with Crippen molar-refractivity contribution in [2.24, 2.45) is 0 Å². The lowest BCUT2D eigenvalue weighted by molar-refractivity contribution is 0.476. The molecule has 0 fully saturated rings. The van der Waals surface area contributed by atoms with Gasteiger partial charge in [-0.2, -0.15) is 0 Å². The van der Waals surface area contributed by atoms with Crippen LogP contribution in [0.2, 0.25) is 0 Å². The maximum absolute atomic E-state index is 3.69. The molecular formula is C15H27NS. The summed E-state index contributed by atoms with van der Waals surface area (Å²) in [6.07, 6.45) is 7.95. The van der Waals surface area contributed by atoms with Crippen molar-refractivity contribution in [1.29, 1.82) is 0 Å². The normalized spacial score (nSPS) is 12.9. The maximum atomic E-state index is 3.69. The first-order valence-electron chi connectivity index (χ1n) is 7.07. The summed E-state index contributed by atoms with van der Waals surface area (Å²) in [5.41, 5.74) is 0. The van der Waals surface area contributed by atoms with Crippen LogP contribution in [0, 0.1) is 6.92 Å². The van der Waals surface area contributed by atoms with Crippen molar-refractivity contribution in [2.75, 3.05) is 6.54 Å². The lowest BCUT2D eigenvalue weighted by atomic mass is 10.1. The quantitative estimate of drug-likeness (QED) is 0.606. The van der Waals surface area contributed by atoms with Gasteiger partial charge in [0.05, 0.1) is 0 Å². The summed E-state index contributed by atoms with van der Waals surface area (Å²) in [6.45, 7) is 7.84. The minimum Gasteiger partial charge on any atom is -0.309 e. The Kier molecular flexibility index (Phi) is 7.54. The van der Waals surface area contributed by atoms with Crippen LogP contribution in [0.25, 0.3) is 0 Å². The average molecular weight is 253 g/mol. The van der Waals surface area contributed by atoms with Crippen LogP contribution in [-0.4, -0.2) is 6.54 Å². The van der Waals surface area contributed by atoms with Crippen LogP contribution in [0.15, 0.2) is 12.1 Å². The standard InChI is InChI=1S/C15H27NS/c1-4-6-7-8-9-14(16-12-5-2)15-11-10-13(3)17-15/h10-11,14,16H,4-9,12H2,1-3H3. The highest BCUT2D eigenvalue weighted by atomic mass is 32.1. The van der Waals surface area contributed by atoms with E-state index >= 15 is 0 Å². The third kappa shape index (κ3) is 5.69. The largest absolute Gasteiger partial charge is 0.309 e. The van der Waals surface area contributed by atoms with E-state index in [1.807, 2.05) is 11.3 Å². The van der Waals surface area contributed by atoms with Crippen LogP contribution < -0.4 is 5.32 Å². The van der Waals surface area contributed by atoms with Crippen molar-refractivity contribution in [3.8, 4) is 0 Å². The second-order valence-electron chi connectivity index (χ2n) is 4.80. The van der Waals surface area contributed by atoms with Crippen molar-refractivity contribution in [2.45, 2.75) is 65.3 Å². The van der Waals surface area contributed by atoms with Crippen molar-refractivity contribution in [3.63, 3.8) is 0 Å². The van der Waals surface area contributed by atoms with Gasteiger partial charge in [-0.3, -0.25) is 0 Å². The van der Waals surface area contributed by atoms with E-state index < -0.39 is 0 Å². The van der Waals surface area contributed by atoms with Crippen LogP contribution >= 0.6 is 11.3 Å². The van der Waals surface area contributed by atoms with E-state index in [1.54, 1.807) is 0 Å². The summed E-state index contributed by atoms with van der Waals surface area (Å²) >= 11 is 1.95. The van der Waals surface area contributed by atoms with Gasteiger partial charge in [-0.15, -0.1) is 11.3 Å². The number of hydrogen-bond acceptors (Lipinski definition) is 2. The molecule has 17 heavy (non-hydrogen) atoms. The number of thiophene rings is 1. The highest BCUT2D eigenvalue weighted by Crippen LogP contribution is 2.26. The zero-order valence-corrected chi connectivity index (χ0v) is 12.4. The molecule has 0 amide bonds. The molecule has 1 heterocycles. The third-order valence-electron chi connectivity index (χ3n) is 3.09. The van der Waals surface area contributed by atoms with Crippen molar-refractivity contribution in [1.82, 2.24) is 5.32 Å². The lowest BCUT2D eigenvalue weighted by Gasteiger charge is -2.17. The Morgan fingerprint density at radius 1 is 1.12 bits per heavy atom. The molecule has 1 aromatic rings. The second kappa shape index (κ2) is 8.71. The predicted octanol–water partition coefficient (Wildman–Crippen LogP) is 5.07. The van der Waals surface area contributed by atoms with E-state index in [-0.39, 0.29) is 0 Å². The molecule has 0 radical (unpaired) electrons. The zero-order valence-electron chi connectivity index (χ0n) is 11.6. The van der Waals surface area contributed by atoms with Gasteiger partial charge >= 0.3 is 0 Å². The van der Waals surface area contributed by atoms with Gasteiger partial charge in [-0.05, 0) is 38.4 Å². The molecular weight excluding hydrogens is 226 g/mol. The molecule has 0 aliphatic heterocycles. The predicted molar refractivity (Wildman–Crippen MR) is 78.8 cm³/mol. The Morgan fingerprint density at radius 2 is 1.94 bits per heavy atom. The average Bonchev–Trinajstić information content (AvgIpc) is 2.75. The van der Waals surface area contributed by atoms with Gasteiger partial charge in [0.2, 0.25) is 0 Å². The molecule has 1 unspecified atom stereocenters. The molecule has 1 aromatic heterocycles. The molecule has 0 bridgehead atoms. The molecule has 0 saturated heterocycles. The van der Waals surface area contributed by atoms with Gasteiger partial charge in [-0.1, -0.05) is 39.5 Å². The summed E-state index contributed by atoms with van der Waals surface area (Å²) in [4.78, 5) is 2.95. The van der Waals surface area contributed by atoms with Gasteiger partial charge in [0, 0.05) is 15.8 Å². The number of nitrogens with one attached hydrogen (secondary N) is 1. The van der Waals surface area contributed by atoms with Gasteiger partial charge in [0.15, 0.2) is 0 Å². The molecule has 0 aromatic carbocycles. The molecule has 0 saturated carbocycles. The van der Waals surface area contributed by atoms with Crippen LogP contribution in [0.1, 0.15) is 68.2 Å². The topological polar surface area (TPSA) is 12.0 Å². The highest BCUT2D eigenvalue weighted by Gasteiger charge is 2.11. The molecule has 0 spiro atoms. The first kappa shape index (κ1) is 14.7. The summed E-state index contributed by atoms with van der Waals surface area (Å²) in [7, 11) is 0. The fourth-order valence-corrected chi connectivity index (χ4v) is 3.07. The fourth-order valence-electron chi connectivity index (χ4n) is 2.08. The van der Waals surface area contributed by atoms with Crippen LogP contribution in [-0.2, 0) is 0 Å². The second-order valence-corrected chi connectivity index (χ2v) is 6.12. The van der Waals surface area contributed by atoms with Crippen LogP contribution in [0.3, 0.4) is 0 Å². The number of hydrogen-bond donors (Lipinski definition) is 1. The van der Waals surface area contributed by atoms with E-state index in [1.165, 1.54) is 48.3 Å². The number of rotatable bonds is 9. The van der Waals surface area contributed by atoms with Crippen LogP contribution in [0.4, 0.5) is 0 Å². The minimum atomic E-state index is 0.588. The van der Waals surface area contributed by atoms with Gasteiger partial charge in [0.25, 0.3) is 0 Å². The monoisotopic (exact) mass is 253 g/mol. The Balaban J connectivity index is 2.42. The van der Waals surface area contributed by atoms with Crippen molar-refractivity contribution in [3.05, 3.63) is 21.9 Å². The van der Waals surface area contributed by atoms with Crippen LogP contribution in [0.5, 0.6) is 0 Å². The molecule has 2 heteroatoms. The Labute approximate surface area is 111 Å². The first-order chi connectivity index (χ1) is 8.27. The molecule has 1 rings (SSSR count). The molecule has 98 valence electrons. The van der Waals surface area contributed by atoms with E-state index in [9.17, 15) is 0 Å². The summed E-state index contributed by atoms with van der Waals surface area (Å²) < 4.78 is 0. The fraction of sp³-hybridized carbons (Fsp3) is 0.733. The Hall–Kier alpha value is -0.340. The SMILES string of the molecule is CCCCCCC(NCCC)c1ccc(C)s1. The number of unbranched alkanes of at least 4 members (excludes halogenated alkanes) is 3. The molecule has 1 atom stereocenters. The smallest absolute Gasteiger partial charge is 0.0414 e. The highest BCUT2D eigenvalue weighted by molar-refractivity contribution is 7.12. The van der Waals surface area contributed by atoms with E-state index in [4.69, 9.17) is 0 Å². The van der Waals surface area contributed by atoms with E-state index in [0.717, 1.165) is 6.54 Å². The third-order valence-corrected chi connectivity index (χ3v) is 4.21. The van der Waals surface area contributed by atoms with E-state index in [0.29, 0.717) is 6.04 Å². The summed E-state index contributed by atoms with van der Waals surface area (Å²) in [5, 5.41) is 3.69. The molecule has 1 N–H and O–H groups in total. The van der Waals surface area contributed by atoms with E-state index in [2.05, 4.69) is 38.2 Å². The lowest BCUT2D eigenvalue weighted by Crippen LogP contribution is -2.21. The van der Waals surface area contributed by atoms with Crippen molar-refractivity contribution >= 4 is 11.3 Å². The molecule has 0 aliphatic carbocycles. The first-order valence-corrected chi connectivity index (χ1v) is 7.89. The molecule has 0 aliphatic rings. The zero-order chi connectivity index (χ0) is 12.5. The Morgan fingerprint density at radius 3 is 2.53 bits per heavy atom. The summed E-state index contributed by atoms with van der Waals surface area (Å²) in [6, 6.07) is 5.13. The summed E-state index contributed by atoms with van der Waals surface area (Å²) in [5.74, 6) is 0. The van der Waals surface area contributed by atoms with Crippen molar-refractivity contribution < 1.29 is 0 Å². The Bertz CT molecular complexity index is 293. The molecule has 1 nitrogen and oxygen atoms in total. The number of aryl methyl sites for hydroxylation is 1. The van der Waals surface area contributed by atoms with Gasteiger partial charge < -0.3 is 5.32 Å².